The van der Waals surface area contributed by atoms with Crippen molar-refractivity contribution in [3.8, 4) is 0 Å². The van der Waals surface area contributed by atoms with Crippen molar-refractivity contribution in [1.29, 1.82) is 0 Å². The Labute approximate surface area is 176 Å². The summed E-state index contributed by atoms with van der Waals surface area (Å²) in [4.78, 5) is 25.7. The molecule has 30 heavy (non-hydrogen) atoms. The van der Waals surface area contributed by atoms with Crippen molar-refractivity contribution in [3.63, 3.8) is 0 Å². The van der Waals surface area contributed by atoms with Crippen LogP contribution in [0.15, 0.2) is 24.3 Å². The smallest absolute Gasteiger partial charge is 0.407 e. The lowest BCUT2D eigenvalue weighted by Gasteiger charge is -2.28. The minimum absolute atomic E-state index is 0.0639. The number of amides is 2. The molecule has 2 aliphatic rings. The molecule has 2 amide bonds. The van der Waals surface area contributed by atoms with Gasteiger partial charge in [-0.05, 0) is 51.2 Å². The predicted octanol–water partition coefficient (Wildman–Crippen LogP) is 3.83. The highest BCUT2D eigenvalue weighted by Crippen LogP contribution is 2.38. The number of fused-ring (bicyclic) bond motifs is 1. The SMILES string of the molecule is CC(C)NC(=O)O[C@@H]1CC[C@H](c2cc(Nc3cccc4c3N(C)C(=O)CC4)n[nH]2)C1. The fourth-order valence-corrected chi connectivity index (χ4v) is 4.32. The zero-order valence-electron chi connectivity index (χ0n) is 17.7. The number of alkyl carbamates (subject to hydrolysis) is 1. The van der Waals surface area contributed by atoms with E-state index >= 15 is 0 Å². The van der Waals surface area contributed by atoms with Crippen LogP contribution in [-0.2, 0) is 16.0 Å². The maximum atomic E-state index is 12.1. The van der Waals surface area contributed by atoms with Crippen LogP contribution >= 0.6 is 0 Å². The second-order valence-corrected chi connectivity index (χ2v) is 8.44. The lowest BCUT2D eigenvalue weighted by Crippen LogP contribution is -2.33. The number of hydrogen-bond acceptors (Lipinski definition) is 5. The Kier molecular flexibility index (Phi) is 5.65. The van der Waals surface area contributed by atoms with Gasteiger partial charge in [0.05, 0.1) is 11.4 Å². The number of ether oxygens (including phenoxy) is 1. The van der Waals surface area contributed by atoms with Crippen molar-refractivity contribution >= 4 is 29.2 Å². The zero-order valence-corrected chi connectivity index (χ0v) is 17.7. The van der Waals surface area contributed by atoms with Crippen LogP contribution in [0.25, 0.3) is 0 Å². The summed E-state index contributed by atoms with van der Waals surface area (Å²) < 4.78 is 5.52. The van der Waals surface area contributed by atoms with Gasteiger partial charge in [-0.25, -0.2) is 4.79 Å². The first-order chi connectivity index (χ1) is 14.4. The van der Waals surface area contributed by atoms with E-state index in [0.29, 0.717) is 12.2 Å². The first-order valence-electron chi connectivity index (χ1n) is 10.6. The maximum Gasteiger partial charge on any atom is 0.407 e. The molecule has 1 aromatic heterocycles. The van der Waals surface area contributed by atoms with Crippen LogP contribution in [0.2, 0.25) is 0 Å². The number of carbonyl (C=O) groups is 2. The minimum Gasteiger partial charge on any atom is -0.446 e. The highest BCUT2D eigenvalue weighted by atomic mass is 16.6. The number of benzene rings is 1. The molecule has 1 fully saturated rings. The van der Waals surface area contributed by atoms with Gasteiger partial charge in [-0.3, -0.25) is 9.89 Å². The van der Waals surface area contributed by atoms with E-state index in [0.717, 1.165) is 48.3 Å². The Morgan fingerprint density at radius 2 is 2.13 bits per heavy atom. The fourth-order valence-electron chi connectivity index (χ4n) is 4.32. The van der Waals surface area contributed by atoms with Crippen molar-refractivity contribution in [3.05, 3.63) is 35.5 Å². The number of nitrogens with zero attached hydrogens (tertiary/aromatic N) is 2. The molecular weight excluding hydrogens is 382 g/mol. The number of anilines is 3. The van der Waals surface area contributed by atoms with Gasteiger partial charge in [-0.1, -0.05) is 12.1 Å². The summed E-state index contributed by atoms with van der Waals surface area (Å²) in [6.07, 6.45) is 3.44. The van der Waals surface area contributed by atoms with Crippen LogP contribution < -0.4 is 15.5 Å². The van der Waals surface area contributed by atoms with E-state index in [1.54, 1.807) is 4.90 Å². The molecule has 4 rings (SSSR count). The van der Waals surface area contributed by atoms with Gasteiger partial charge >= 0.3 is 6.09 Å². The van der Waals surface area contributed by atoms with E-state index in [4.69, 9.17) is 4.74 Å². The normalized spacial score (nSPS) is 20.9. The average molecular weight is 412 g/mol. The molecule has 0 radical (unpaired) electrons. The van der Waals surface area contributed by atoms with E-state index in [1.807, 2.05) is 39.1 Å². The highest BCUT2D eigenvalue weighted by molar-refractivity contribution is 6.00. The summed E-state index contributed by atoms with van der Waals surface area (Å²) in [5, 5.41) is 13.7. The van der Waals surface area contributed by atoms with E-state index in [-0.39, 0.29) is 30.1 Å². The van der Waals surface area contributed by atoms with Crippen LogP contribution in [0.5, 0.6) is 0 Å². The molecule has 8 heteroatoms. The highest BCUT2D eigenvalue weighted by Gasteiger charge is 2.30. The third-order valence-electron chi connectivity index (χ3n) is 5.80. The number of aromatic nitrogens is 2. The van der Waals surface area contributed by atoms with Gasteiger partial charge in [0.2, 0.25) is 5.91 Å². The molecule has 8 nitrogen and oxygen atoms in total. The Bertz CT molecular complexity index is 939. The number of nitrogens with one attached hydrogen (secondary N) is 3. The van der Waals surface area contributed by atoms with Crippen molar-refractivity contribution in [2.75, 3.05) is 17.3 Å². The molecule has 1 aromatic carbocycles. The number of carbonyl (C=O) groups excluding carboxylic acids is 2. The fraction of sp³-hybridized carbons (Fsp3) is 0.500. The lowest BCUT2D eigenvalue weighted by atomic mass is 10.0. The van der Waals surface area contributed by atoms with Crippen molar-refractivity contribution < 1.29 is 14.3 Å². The average Bonchev–Trinajstić information content (AvgIpc) is 3.33. The predicted molar refractivity (Wildman–Crippen MR) is 115 cm³/mol. The molecule has 0 saturated heterocycles. The topological polar surface area (TPSA) is 99.3 Å². The lowest BCUT2D eigenvalue weighted by molar-refractivity contribution is -0.118. The first kappa shape index (κ1) is 20.3. The van der Waals surface area contributed by atoms with Gasteiger partial charge in [0.15, 0.2) is 5.82 Å². The molecule has 2 heterocycles. The molecule has 3 N–H and O–H groups in total. The number of H-pyrrole nitrogens is 1. The van der Waals surface area contributed by atoms with E-state index in [1.165, 1.54) is 0 Å². The first-order valence-corrected chi connectivity index (χ1v) is 10.6. The van der Waals surface area contributed by atoms with E-state index in [9.17, 15) is 9.59 Å². The summed E-state index contributed by atoms with van der Waals surface area (Å²) in [5.41, 5.74) is 3.98. The Morgan fingerprint density at radius 3 is 2.93 bits per heavy atom. The Balaban J connectivity index is 1.41. The van der Waals surface area contributed by atoms with Gasteiger partial charge in [0, 0.05) is 37.2 Å². The van der Waals surface area contributed by atoms with Crippen molar-refractivity contribution in [2.24, 2.45) is 0 Å². The van der Waals surface area contributed by atoms with Gasteiger partial charge in [0.25, 0.3) is 0 Å². The van der Waals surface area contributed by atoms with Crippen molar-refractivity contribution in [2.45, 2.75) is 64.0 Å². The third kappa shape index (κ3) is 4.27. The van der Waals surface area contributed by atoms with Gasteiger partial charge in [0.1, 0.15) is 6.10 Å². The summed E-state index contributed by atoms with van der Waals surface area (Å²) in [6.45, 7) is 3.82. The number of hydrogen-bond donors (Lipinski definition) is 3. The molecule has 1 aliphatic heterocycles. The van der Waals surface area contributed by atoms with Crippen LogP contribution in [0.4, 0.5) is 22.0 Å². The Hall–Kier alpha value is -3.03. The largest absolute Gasteiger partial charge is 0.446 e. The van der Waals surface area contributed by atoms with Gasteiger partial charge in [-0.15, -0.1) is 0 Å². The molecular formula is C22H29N5O3. The molecule has 1 saturated carbocycles. The second-order valence-electron chi connectivity index (χ2n) is 8.44. The molecule has 0 spiro atoms. The summed E-state index contributed by atoms with van der Waals surface area (Å²) >= 11 is 0. The van der Waals surface area contributed by atoms with Crippen LogP contribution in [0.3, 0.4) is 0 Å². The van der Waals surface area contributed by atoms with Crippen molar-refractivity contribution in [1.82, 2.24) is 15.5 Å². The third-order valence-corrected chi connectivity index (χ3v) is 5.80. The number of rotatable bonds is 5. The van der Waals surface area contributed by atoms with Crippen LogP contribution in [-0.4, -0.2) is 41.4 Å². The monoisotopic (exact) mass is 411 g/mol. The summed E-state index contributed by atoms with van der Waals surface area (Å²) in [6, 6.07) is 8.10. The minimum atomic E-state index is -0.352. The second kappa shape index (κ2) is 8.38. The zero-order chi connectivity index (χ0) is 21.3. The number of para-hydroxylation sites is 1. The molecule has 160 valence electrons. The molecule has 2 atom stereocenters. The summed E-state index contributed by atoms with van der Waals surface area (Å²) in [7, 11) is 1.82. The maximum absolute atomic E-state index is 12.1. The molecule has 0 unspecified atom stereocenters. The molecule has 0 bridgehead atoms. The van der Waals surface area contributed by atoms with Gasteiger partial charge in [-0.2, -0.15) is 5.10 Å². The summed E-state index contributed by atoms with van der Waals surface area (Å²) in [5.74, 6) is 1.11. The van der Waals surface area contributed by atoms with Gasteiger partial charge < -0.3 is 20.3 Å². The van der Waals surface area contributed by atoms with Crippen LogP contribution in [0, 0.1) is 0 Å². The molecule has 1 aliphatic carbocycles. The number of aryl methyl sites for hydroxylation is 1. The quantitative estimate of drug-likeness (QED) is 0.694. The van der Waals surface area contributed by atoms with E-state index < -0.39 is 0 Å². The standard InChI is InChI=1S/C22H29N5O3/c1-13(2)23-22(29)30-16-9-7-15(11-16)18-12-19(26-25-18)24-17-6-4-5-14-8-10-20(28)27(3)21(14)17/h4-6,12-13,15-16H,7-11H2,1-3H3,(H,23,29)(H2,24,25,26)/t15-,16+/m0/s1. The Morgan fingerprint density at radius 1 is 1.30 bits per heavy atom. The van der Waals surface area contributed by atoms with Crippen LogP contribution in [0.1, 0.15) is 56.7 Å². The molecule has 2 aromatic rings. The number of aromatic amines is 1. The van der Waals surface area contributed by atoms with E-state index in [2.05, 4.69) is 26.9 Å².